The third-order valence-corrected chi connectivity index (χ3v) is 3.98. The molecule has 0 saturated carbocycles. The van der Waals surface area contributed by atoms with Gasteiger partial charge in [0.25, 0.3) is 5.23 Å². The van der Waals surface area contributed by atoms with Gasteiger partial charge in [-0.25, -0.2) is 4.99 Å². The van der Waals surface area contributed by atoms with Gasteiger partial charge in [0, 0.05) is 10.8 Å². The molecule has 0 amide bonds. The van der Waals surface area contributed by atoms with Crippen LogP contribution < -0.4 is 0 Å². The first-order valence-electron chi connectivity index (χ1n) is 6.00. The maximum atomic E-state index is 5.86. The number of hydrogen-bond donors (Lipinski definition) is 0. The molecule has 1 atom stereocenters. The maximum Gasteiger partial charge on any atom is 0.251 e. The number of hydrogen-bond acceptors (Lipinski definition) is 3. The fourth-order valence-electron chi connectivity index (χ4n) is 1.85. The number of halogens is 1. The molecule has 1 aliphatic rings. The van der Waals surface area contributed by atoms with E-state index in [2.05, 4.69) is 17.1 Å². The van der Waals surface area contributed by atoms with E-state index in [4.69, 9.17) is 16.3 Å². The molecule has 2 nitrogen and oxygen atoms in total. The first-order valence-corrected chi connectivity index (χ1v) is 7.36. The van der Waals surface area contributed by atoms with Gasteiger partial charge >= 0.3 is 0 Å². The van der Waals surface area contributed by atoms with Crippen molar-refractivity contribution < 1.29 is 4.74 Å². The van der Waals surface area contributed by atoms with Crippen LogP contribution in [0.5, 0.6) is 0 Å². The quantitative estimate of drug-likeness (QED) is 0.789. The topological polar surface area (TPSA) is 21.6 Å². The molecule has 1 unspecified atom stereocenters. The minimum atomic E-state index is 0.0947. The molecule has 0 spiro atoms. The summed E-state index contributed by atoms with van der Waals surface area (Å²) < 4.78 is 5.86. The van der Waals surface area contributed by atoms with Crippen molar-refractivity contribution in [3.05, 3.63) is 65.2 Å². The third-order valence-electron chi connectivity index (χ3n) is 2.82. The summed E-state index contributed by atoms with van der Waals surface area (Å²) in [6.45, 7) is 0. The number of nitrogens with zero attached hydrogens (tertiary/aromatic N) is 1. The average molecular weight is 290 g/mol. The van der Waals surface area contributed by atoms with Crippen LogP contribution in [-0.2, 0) is 4.74 Å². The molecule has 2 aromatic carbocycles. The lowest BCUT2D eigenvalue weighted by atomic mass is 10.1. The number of rotatable bonds is 2. The first-order chi connectivity index (χ1) is 9.31. The van der Waals surface area contributed by atoms with Crippen molar-refractivity contribution >= 4 is 34.3 Å². The predicted molar refractivity (Wildman–Crippen MR) is 81.3 cm³/mol. The van der Waals surface area contributed by atoms with Crippen molar-refractivity contribution in [3.63, 3.8) is 0 Å². The van der Waals surface area contributed by atoms with Gasteiger partial charge in [0.1, 0.15) is 6.10 Å². The third kappa shape index (κ3) is 3.11. The Kier molecular flexibility index (Phi) is 3.76. The highest BCUT2D eigenvalue weighted by Crippen LogP contribution is 2.33. The van der Waals surface area contributed by atoms with Gasteiger partial charge < -0.3 is 4.74 Å². The lowest BCUT2D eigenvalue weighted by Crippen LogP contribution is -2.00. The van der Waals surface area contributed by atoms with Gasteiger partial charge in [-0.15, -0.1) is 0 Å². The monoisotopic (exact) mass is 289 g/mol. The van der Waals surface area contributed by atoms with Crippen LogP contribution in [0.4, 0.5) is 5.69 Å². The average Bonchev–Trinajstić information content (AvgIpc) is 2.91. The number of thioether (sulfide) groups is 1. The van der Waals surface area contributed by atoms with E-state index in [-0.39, 0.29) is 6.10 Å². The van der Waals surface area contributed by atoms with Crippen LogP contribution in [-0.4, -0.2) is 11.0 Å². The van der Waals surface area contributed by atoms with Gasteiger partial charge in [0.15, 0.2) is 0 Å². The normalized spacial score (nSPS) is 20.5. The number of aliphatic imine (C=N–C) groups is 1. The largest absolute Gasteiger partial charge is 0.464 e. The smallest absolute Gasteiger partial charge is 0.251 e. The van der Waals surface area contributed by atoms with E-state index in [1.807, 2.05) is 42.5 Å². The Morgan fingerprint density at radius 3 is 2.53 bits per heavy atom. The summed E-state index contributed by atoms with van der Waals surface area (Å²) >= 11 is 7.49. The highest BCUT2D eigenvalue weighted by molar-refractivity contribution is 8.13. The minimum absolute atomic E-state index is 0.0947. The van der Waals surface area contributed by atoms with Crippen LogP contribution >= 0.6 is 23.4 Å². The Balaban J connectivity index is 1.74. The molecule has 1 aliphatic heterocycles. The molecule has 2 aromatic rings. The second kappa shape index (κ2) is 5.68. The molecule has 1 heterocycles. The highest BCUT2D eigenvalue weighted by atomic mass is 35.5. The molecule has 0 bridgehead atoms. The zero-order valence-electron chi connectivity index (χ0n) is 10.1. The van der Waals surface area contributed by atoms with Crippen LogP contribution in [0.3, 0.4) is 0 Å². The molecule has 19 heavy (non-hydrogen) atoms. The van der Waals surface area contributed by atoms with Crippen molar-refractivity contribution in [1.82, 2.24) is 0 Å². The van der Waals surface area contributed by atoms with Gasteiger partial charge in [-0.3, -0.25) is 0 Å². The van der Waals surface area contributed by atoms with Crippen molar-refractivity contribution in [2.75, 3.05) is 5.75 Å². The Morgan fingerprint density at radius 1 is 1.05 bits per heavy atom. The molecule has 1 saturated heterocycles. The standard InChI is InChI=1S/C15H12ClNOS/c16-12-6-8-13(9-7-12)17-15-18-14(10-19-15)11-4-2-1-3-5-11/h1-9,14H,10H2. The summed E-state index contributed by atoms with van der Waals surface area (Å²) in [5.41, 5.74) is 2.05. The van der Waals surface area contributed by atoms with Crippen molar-refractivity contribution in [1.29, 1.82) is 0 Å². The summed E-state index contributed by atoms with van der Waals surface area (Å²) in [4.78, 5) is 4.47. The SMILES string of the molecule is Clc1ccc(N=C2OC(c3ccccc3)CS2)cc1. The predicted octanol–water partition coefficient (Wildman–Crippen LogP) is 4.83. The Labute approximate surface area is 121 Å². The molecule has 0 radical (unpaired) electrons. The van der Waals surface area contributed by atoms with E-state index < -0.39 is 0 Å². The Bertz CT molecular complexity index is 583. The van der Waals surface area contributed by atoms with Crippen LogP contribution in [0.2, 0.25) is 5.02 Å². The van der Waals surface area contributed by atoms with E-state index in [9.17, 15) is 0 Å². The summed E-state index contributed by atoms with van der Waals surface area (Å²) in [7, 11) is 0. The Hall–Kier alpha value is -1.45. The zero-order valence-corrected chi connectivity index (χ0v) is 11.7. The van der Waals surface area contributed by atoms with Gasteiger partial charge in [-0.1, -0.05) is 53.7 Å². The fraction of sp³-hybridized carbons (Fsp3) is 0.133. The summed E-state index contributed by atoms with van der Waals surface area (Å²) in [5.74, 6) is 0.899. The molecule has 4 heteroatoms. The number of benzene rings is 2. The summed E-state index contributed by atoms with van der Waals surface area (Å²) in [6.07, 6.45) is 0.0947. The van der Waals surface area contributed by atoms with Crippen LogP contribution in [0.1, 0.15) is 11.7 Å². The molecule has 1 fully saturated rings. The van der Waals surface area contributed by atoms with E-state index in [1.165, 1.54) is 5.56 Å². The molecule has 0 N–H and O–H groups in total. The molecular weight excluding hydrogens is 278 g/mol. The minimum Gasteiger partial charge on any atom is -0.464 e. The van der Waals surface area contributed by atoms with Crippen molar-refractivity contribution in [3.8, 4) is 0 Å². The van der Waals surface area contributed by atoms with Crippen molar-refractivity contribution in [2.45, 2.75) is 6.10 Å². The van der Waals surface area contributed by atoms with Crippen LogP contribution in [0.25, 0.3) is 0 Å². The fourth-order valence-corrected chi connectivity index (χ4v) is 2.88. The van der Waals surface area contributed by atoms with Crippen LogP contribution in [0, 0.1) is 0 Å². The maximum absolute atomic E-state index is 5.86. The van der Waals surface area contributed by atoms with Crippen LogP contribution in [0.15, 0.2) is 59.6 Å². The summed E-state index contributed by atoms with van der Waals surface area (Å²) in [5, 5.41) is 1.43. The zero-order chi connectivity index (χ0) is 13.1. The van der Waals surface area contributed by atoms with Gasteiger partial charge in [-0.05, 0) is 29.8 Å². The van der Waals surface area contributed by atoms with E-state index in [0.29, 0.717) is 5.02 Å². The van der Waals surface area contributed by atoms with E-state index in [1.54, 1.807) is 11.8 Å². The molecule has 0 aliphatic carbocycles. The van der Waals surface area contributed by atoms with Gasteiger partial charge in [0.2, 0.25) is 0 Å². The highest BCUT2D eigenvalue weighted by Gasteiger charge is 2.24. The molecule has 3 rings (SSSR count). The summed E-state index contributed by atoms with van der Waals surface area (Å²) in [6, 6.07) is 17.6. The van der Waals surface area contributed by atoms with Gasteiger partial charge in [-0.2, -0.15) is 0 Å². The molecule has 0 aromatic heterocycles. The second-order valence-electron chi connectivity index (χ2n) is 4.18. The second-order valence-corrected chi connectivity index (χ2v) is 5.59. The lowest BCUT2D eigenvalue weighted by Gasteiger charge is -2.08. The number of ether oxygens (including phenoxy) is 1. The van der Waals surface area contributed by atoms with Gasteiger partial charge in [0.05, 0.1) is 5.69 Å². The molecule has 96 valence electrons. The Morgan fingerprint density at radius 2 is 1.79 bits per heavy atom. The van der Waals surface area contributed by atoms with E-state index >= 15 is 0 Å². The lowest BCUT2D eigenvalue weighted by molar-refractivity contribution is 0.236. The molecular formula is C15H12ClNOS. The first kappa shape index (κ1) is 12.6. The van der Waals surface area contributed by atoms with E-state index in [0.717, 1.165) is 16.7 Å². The van der Waals surface area contributed by atoms with Crippen molar-refractivity contribution in [2.24, 2.45) is 4.99 Å².